The Balaban J connectivity index is 1.91. The molecule has 1 atom stereocenters. The second-order valence-corrected chi connectivity index (χ2v) is 6.75. The van der Waals surface area contributed by atoms with Crippen LogP contribution in [0, 0.1) is 27.7 Å². The SMILES string of the molecule is Cc1nc(C)c(CNC(=O)C(C)Oc2ccc(C)c(C)c2)s1. The number of nitrogens with one attached hydrogen (secondary N) is 1. The van der Waals surface area contributed by atoms with E-state index >= 15 is 0 Å². The van der Waals surface area contributed by atoms with E-state index in [1.54, 1.807) is 18.3 Å². The molecule has 0 spiro atoms. The van der Waals surface area contributed by atoms with Crippen molar-refractivity contribution in [2.24, 2.45) is 0 Å². The molecule has 0 radical (unpaired) electrons. The van der Waals surface area contributed by atoms with E-state index in [-0.39, 0.29) is 5.91 Å². The summed E-state index contributed by atoms with van der Waals surface area (Å²) in [6, 6.07) is 5.84. The fourth-order valence-electron chi connectivity index (χ4n) is 2.09. The van der Waals surface area contributed by atoms with Crippen LogP contribution in [0.4, 0.5) is 0 Å². The molecule has 1 aromatic heterocycles. The second kappa shape index (κ2) is 6.92. The highest BCUT2D eigenvalue weighted by molar-refractivity contribution is 7.11. The summed E-state index contributed by atoms with van der Waals surface area (Å²) in [4.78, 5) is 17.6. The number of amides is 1. The van der Waals surface area contributed by atoms with Crippen molar-refractivity contribution in [3.8, 4) is 5.75 Å². The third-order valence-electron chi connectivity index (χ3n) is 3.58. The van der Waals surface area contributed by atoms with Crippen molar-refractivity contribution in [3.63, 3.8) is 0 Å². The largest absolute Gasteiger partial charge is 0.481 e. The Labute approximate surface area is 135 Å². The Bertz CT molecular complexity index is 679. The first-order valence-corrected chi connectivity index (χ1v) is 8.13. The smallest absolute Gasteiger partial charge is 0.261 e. The van der Waals surface area contributed by atoms with Crippen molar-refractivity contribution < 1.29 is 9.53 Å². The van der Waals surface area contributed by atoms with Crippen LogP contribution in [0.1, 0.15) is 33.6 Å². The standard InChI is InChI=1S/C17H22N2O2S/c1-10-6-7-15(8-11(10)2)21-13(4)17(20)18-9-16-12(3)19-14(5)22-16/h6-8,13H,9H2,1-5H3,(H,18,20). The number of hydrogen-bond donors (Lipinski definition) is 1. The molecule has 5 heteroatoms. The molecule has 0 fully saturated rings. The molecule has 118 valence electrons. The quantitative estimate of drug-likeness (QED) is 0.918. The van der Waals surface area contributed by atoms with E-state index in [4.69, 9.17) is 4.74 Å². The zero-order valence-corrected chi connectivity index (χ0v) is 14.5. The van der Waals surface area contributed by atoms with Crippen LogP contribution in [0.2, 0.25) is 0 Å². The Kier molecular flexibility index (Phi) is 5.19. The Morgan fingerprint density at radius 1 is 1.27 bits per heavy atom. The van der Waals surface area contributed by atoms with Gasteiger partial charge in [-0.15, -0.1) is 11.3 Å². The lowest BCUT2D eigenvalue weighted by molar-refractivity contribution is -0.127. The second-order valence-electron chi connectivity index (χ2n) is 5.47. The van der Waals surface area contributed by atoms with E-state index in [2.05, 4.69) is 17.2 Å². The van der Waals surface area contributed by atoms with Gasteiger partial charge in [0.1, 0.15) is 5.75 Å². The summed E-state index contributed by atoms with van der Waals surface area (Å²) in [7, 11) is 0. The fraction of sp³-hybridized carbons (Fsp3) is 0.412. The molecule has 0 bridgehead atoms. The molecular weight excluding hydrogens is 296 g/mol. The molecule has 1 aromatic carbocycles. The zero-order chi connectivity index (χ0) is 16.3. The summed E-state index contributed by atoms with van der Waals surface area (Å²) in [6.45, 7) is 10.3. The molecule has 0 aliphatic heterocycles. The van der Waals surface area contributed by atoms with Crippen molar-refractivity contribution in [1.29, 1.82) is 0 Å². The first-order valence-electron chi connectivity index (χ1n) is 7.31. The lowest BCUT2D eigenvalue weighted by atomic mass is 10.1. The molecule has 4 nitrogen and oxygen atoms in total. The number of nitrogens with zero attached hydrogens (tertiary/aromatic N) is 1. The normalized spacial score (nSPS) is 12.0. The highest BCUT2D eigenvalue weighted by Gasteiger charge is 2.15. The number of ether oxygens (including phenoxy) is 1. The van der Waals surface area contributed by atoms with Gasteiger partial charge in [-0.2, -0.15) is 0 Å². The number of aryl methyl sites for hydroxylation is 4. The van der Waals surface area contributed by atoms with Crippen molar-refractivity contribution in [2.75, 3.05) is 0 Å². The predicted octanol–water partition coefficient (Wildman–Crippen LogP) is 3.46. The van der Waals surface area contributed by atoms with E-state index in [1.165, 1.54) is 5.56 Å². The molecule has 0 saturated heterocycles. The van der Waals surface area contributed by atoms with Gasteiger partial charge in [0, 0.05) is 4.88 Å². The molecular formula is C17H22N2O2S. The molecule has 1 N–H and O–H groups in total. The van der Waals surface area contributed by atoms with Crippen molar-refractivity contribution in [3.05, 3.63) is 44.9 Å². The van der Waals surface area contributed by atoms with Gasteiger partial charge in [0.05, 0.1) is 17.2 Å². The monoisotopic (exact) mass is 318 g/mol. The van der Waals surface area contributed by atoms with Crippen LogP contribution in [0.25, 0.3) is 0 Å². The van der Waals surface area contributed by atoms with Gasteiger partial charge in [0.15, 0.2) is 6.10 Å². The number of aromatic nitrogens is 1. The Morgan fingerprint density at radius 2 is 2.00 bits per heavy atom. The first kappa shape index (κ1) is 16.5. The van der Waals surface area contributed by atoms with Gasteiger partial charge >= 0.3 is 0 Å². The highest BCUT2D eigenvalue weighted by Crippen LogP contribution is 2.18. The molecule has 1 amide bonds. The minimum atomic E-state index is -0.531. The molecule has 2 rings (SSSR count). The number of hydrogen-bond acceptors (Lipinski definition) is 4. The summed E-state index contributed by atoms with van der Waals surface area (Å²) < 4.78 is 5.71. The molecule has 0 aliphatic rings. The third kappa shape index (κ3) is 4.07. The molecule has 1 heterocycles. The number of rotatable bonds is 5. The molecule has 1 unspecified atom stereocenters. The van der Waals surface area contributed by atoms with Crippen LogP contribution in [0.3, 0.4) is 0 Å². The summed E-state index contributed by atoms with van der Waals surface area (Å²) >= 11 is 1.61. The topological polar surface area (TPSA) is 51.2 Å². The Hall–Kier alpha value is -1.88. The Morgan fingerprint density at radius 3 is 2.59 bits per heavy atom. The highest BCUT2D eigenvalue weighted by atomic mass is 32.1. The van der Waals surface area contributed by atoms with Crippen LogP contribution < -0.4 is 10.1 Å². The van der Waals surface area contributed by atoms with Gasteiger partial charge in [0.2, 0.25) is 0 Å². The van der Waals surface area contributed by atoms with Gasteiger partial charge in [-0.05, 0) is 57.9 Å². The van der Waals surface area contributed by atoms with Gasteiger partial charge in [-0.3, -0.25) is 4.79 Å². The number of carbonyl (C=O) groups excluding carboxylic acids is 1. The van der Waals surface area contributed by atoms with Gasteiger partial charge in [-0.1, -0.05) is 6.07 Å². The maximum Gasteiger partial charge on any atom is 0.261 e. The fourth-order valence-corrected chi connectivity index (χ4v) is 2.97. The maximum atomic E-state index is 12.1. The summed E-state index contributed by atoms with van der Waals surface area (Å²) in [5.74, 6) is 0.597. The van der Waals surface area contributed by atoms with Gasteiger partial charge < -0.3 is 10.1 Å². The van der Waals surface area contributed by atoms with E-state index in [0.717, 1.165) is 26.9 Å². The lowest BCUT2D eigenvalue weighted by Crippen LogP contribution is -2.35. The number of thiazole rings is 1. The third-order valence-corrected chi connectivity index (χ3v) is 4.66. The average molecular weight is 318 g/mol. The van der Waals surface area contributed by atoms with Crippen LogP contribution in [0.15, 0.2) is 18.2 Å². The van der Waals surface area contributed by atoms with Crippen LogP contribution >= 0.6 is 11.3 Å². The zero-order valence-electron chi connectivity index (χ0n) is 13.7. The summed E-state index contributed by atoms with van der Waals surface area (Å²) in [5.41, 5.74) is 3.34. The molecule has 2 aromatic rings. The number of benzene rings is 1. The maximum absolute atomic E-state index is 12.1. The van der Waals surface area contributed by atoms with Crippen molar-refractivity contribution in [1.82, 2.24) is 10.3 Å². The minimum Gasteiger partial charge on any atom is -0.481 e. The van der Waals surface area contributed by atoms with Crippen LogP contribution in [-0.4, -0.2) is 17.0 Å². The van der Waals surface area contributed by atoms with Crippen LogP contribution in [0.5, 0.6) is 5.75 Å². The summed E-state index contributed by atoms with van der Waals surface area (Å²) in [5, 5.41) is 3.92. The predicted molar refractivity (Wildman–Crippen MR) is 89.4 cm³/mol. The van der Waals surface area contributed by atoms with Crippen molar-refractivity contribution >= 4 is 17.2 Å². The van der Waals surface area contributed by atoms with E-state index in [0.29, 0.717) is 6.54 Å². The minimum absolute atomic E-state index is 0.122. The molecule has 22 heavy (non-hydrogen) atoms. The van der Waals surface area contributed by atoms with Gasteiger partial charge in [0.25, 0.3) is 5.91 Å². The summed E-state index contributed by atoms with van der Waals surface area (Å²) in [6.07, 6.45) is -0.531. The van der Waals surface area contributed by atoms with E-state index in [1.807, 2.05) is 39.0 Å². The first-order chi connectivity index (χ1) is 10.4. The lowest BCUT2D eigenvalue weighted by Gasteiger charge is -2.15. The number of carbonyl (C=O) groups is 1. The molecule has 0 aliphatic carbocycles. The van der Waals surface area contributed by atoms with E-state index in [9.17, 15) is 4.79 Å². The van der Waals surface area contributed by atoms with Crippen molar-refractivity contribution in [2.45, 2.75) is 47.3 Å². The van der Waals surface area contributed by atoms with E-state index < -0.39 is 6.10 Å². The van der Waals surface area contributed by atoms with Crippen LogP contribution in [-0.2, 0) is 11.3 Å². The molecule has 0 saturated carbocycles. The van der Waals surface area contributed by atoms with Gasteiger partial charge in [-0.25, -0.2) is 4.98 Å². The average Bonchev–Trinajstić information content (AvgIpc) is 2.78.